The molecule has 1 aliphatic heterocycles. The molecule has 0 saturated carbocycles. The number of likely N-dealkylation sites (tertiary alicyclic amines) is 1. The van der Waals surface area contributed by atoms with Crippen molar-refractivity contribution in [2.45, 2.75) is 12.8 Å². The first-order valence-corrected chi connectivity index (χ1v) is 9.87. The number of hydrogen-bond acceptors (Lipinski definition) is 3. The minimum Gasteiger partial charge on any atom is -0.339 e. The highest BCUT2D eigenvalue weighted by atomic mass is 16.2. The fraction of sp³-hybridized carbons (Fsp3) is 0.208. The number of para-hydroxylation sites is 1. The molecule has 1 fully saturated rings. The Balaban J connectivity index is 1.32. The Bertz CT molecular complexity index is 1000. The Morgan fingerprint density at radius 3 is 2.28 bits per heavy atom. The minimum atomic E-state index is -0.0249. The molecule has 0 unspecified atom stereocenters. The summed E-state index contributed by atoms with van der Waals surface area (Å²) in [6, 6.07) is 19.2. The van der Waals surface area contributed by atoms with Gasteiger partial charge in [-0.05, 0) is 31.1 Å². The molecule has 4 rings (SSSR count). The second-order valence-corrected chi connectivity index (χ2v) is 7.22. The standard InChI is InChI=1S/C24H23N3O2/c28-23(12-11-19-17-25-27(18-19)22-9-5-2-6-10-22)26-15-13-21(14-16-26)24(29)20-7-3-1-4-8-20/h1-12,17-18,21H,13-16H2. The number of hydrogen-bond donors (Lipinski definition) is 0. The largest absolute Gasteiger partial charge is 0.339 e. The zero-order valence-corrected chi connectivity index (χ0v) is 16.1. The van der Waals surface area contributed by atoms with E-state index >= 15 is 0 Å². The van der Waals surface area contributed by atoms with Crippen molar-refractivity contribution >= 4 is 17.8 Å². The Labute approximate surface area is 170 Å². The van der Waals surface area contributed by atoms with Gasteiger partial charge in [-0.25, -0.2) is 4.68 Å². The van der Waals surface area contributed by atoms with Crippen LogP contribution in [0.4, 0.5) is 0 Å². The Morgan fingerprint density at radius 2 is 1.59 bits per heavy atom. The Morgan fingerprint density at radius 1 is 0.931 bits per heavy atom. The lowest BCUT2D eigenvalue weighted by molar-refractivity contribution is -0.127. The number of rotatable bonds is 5. The molecular formula is C24H23N3O2. The van der Waals surface area contributed by atoms with Gasteiger partial charge in [0.05, 0.1) is 11.9 Å². The van der Waals surface area contributed by atoms with Crippen molar-refractivity contribution in [2.24, 2.45) is 5.92 Å². The van der Waals surface area contributed by atoms with E-state index in [-0.39, 0.29) is 17.6 Å². The third kappa shape index (κ3) is 4.51. The van der Waals surface area contributed by atoms with Crippen LogP contribution < -0.4 is 0 Å². The summed E-state index contributed by atoms with van der Waals surface area (Å²) in [4.78, 5) is 26.9. The van der Waals surface area contributed by atoms with Crippen molar-refractivity contribution in [1.82, 2.24) is 14.7 Å². The van der Waals surface area contributed by atoms with Crippen molar-refractivity contribution < 1.29 is 9.59 Å². The predicted octanol–water partition coefficient (Wildman–Crippen LogP) is 4.01. The zero-order valence-electron chi connectivity index (χ0n) is 16.1. The molecular weight excluding hydrogens is 362 g/mol. The van der Waals surface area contributed by atoms with Gasteiger partial charge in [-0.15, -0.1) is 0 Å². The predicted molar refractivity (Wildman–Crippen MR) is 113 cm³/mol. The Hall–Kier alpha value is -3.47. The van der Waals surface area contributed by atoms with Crippen LogP contribution in [0.2, 0.25) is 0 Å². The van der Waals surface area contributed by atoms with Gasteiger partial charge >= 0.3 is 0 Å². The van der Waals surface area contributed by atoms with Crippen LogP contribution in [0.5, 0.6) is 0 Å². The molecule has 1 saturated heterocycles. The summed E-state index contributed by atoms with van der Waals surface area (Å²) in [5, 5.41) is 4.34. The third-order valence-corrected chi connectivity index (χ3v) is 5.28. The molecule has 1 amide bonds. The van der Waals surface area contributed by atoms with Crippen LogP contribution in [-0.4, -0.2) is 39.5 Å². The van der Waals surface area contributed by atoms with Gasteiger partial charge in [-0.2, -0.15) is 5.10 Å². The quantitative estimate of drug-likeness (QED) is 0.493. The second-order valence-electron chi connectivity index (χ2n) is 7.22. The number of carbonyl (C=O) groups is 2. The fourth-order valence-corrected chi connectivity index (χ4v) is 3.62. The molecule has 5 heteroatoms. The van der Waals surface area contributed by atoms with E-state index in [1.54, 1.807) is 23.0 Å². The minimum absolute atomic E-state index is 0.00506. The molecule has 5 nitrogen and oxygen atoms in total. The summed E-state index contributed by atoms with van der Waals surface area (Å²) in [6.45, 7) is 1.21. The summed E-state index contributed by atoms with van der Waals surface area (Å²) < 4.78 is 1.78. The number of amides is 1. The van der Waals surface area contributed by atoms with Gasteiger partial charge in [0.1, 0.15) is 0 Å². The fourth-order valence-electron chi connectivity index (χ4n) is 3.62. The van der Waals surface area contributed by atoms with E-state index in [1.165, 1.54) is 0 Å². The van der Waals surface area contributed by atoms with Gasteiger partial charge in [0.15, 0.2) is 5.78 Å². The van der Waals surface area contributed by atoms with Crippen LogP contribution in [0, 0.1) is 5.92 Å². The molecule has 0 radical (unpaired) electrons. The molecule has 2 aromatic carbocycles. The highest BCUT2D eigenvalue weighted by Crippen LogP contribution is 2.22. The van der Waals surface area contributed by atoms with Crippen molar-refractivity contribution in [3.05, 3.63) is 90.3 Å². The first-order chi connectivity index (χ1) is 14.2. The molecule has 146 valence electrons. The van der Waals surface area contributed by atoms with E-state index in [0.717, 1.165) is 16.8 Å². The van der Waals surface area contributed by atoms with Crippen molar-refractivity contribution in [3.63, 3.8) is 0 Å². The number of piperidine rings is 1. The van der Waals surface area contributed by atoms with E-state index in [9.17, 15) is 9.59 Å². The smallest absolute Gasteiger partial charge is 0.246 e. The third-order valence-electron chi connectivity index (χ3n) is 5.28. The van der Waals surface area contributed by atoms with Crippen LogP contribution in [0.1, 0.15) is 28.8 Å². The number of nitrogens with zero attached hydrogens (tertiary/aromatic N) is 3. The number of carbonyl (C=O) groups excluding carboxylic acids is 2. The zero-order chi connectivity index (χ0) is 20.1. The van der Waals surface area contributed by atoms with Crippen LogP contribution in [-0.2, 0) is 4.79 Å². The monoisotopic (exact) mass is 385 g/mol. The molecule has 1 aliphatic rings. The highest BCUT2D eigenvalue weighted by Gasteiger charge is 2.27. The number of Topliss-reactive ketones (excluding diaryl/α,β-unsaturated/α-hetero) is 1. The number of ketones is 1. The topological polar surface area (TPSA) is 55.2 Å². The second kappa shape index (κ2) is 8.69. The molecule has 0 bridgehead atoms. The van der Waals surface area contributed by atoms with E-state index in [2.05, 4.69) is 5.10 Å². The first kappa shape index (κ1) is 18.9. The van der Waals surface area contributed by atoms with Crippen LogP contribution in [0.3, 0.4) is 0 Å². The summed E-state index contributed by atoms with van der Waals surface area (Å²) in [5.74, 6) is 0.152. The molecule has 3 aromatic rings. The van der Waals surface area contributed by atoms with Gasteiger partial charge in [0.25, 0.3) is 0 Å². The van der Waals surface area contributed by atoms with Crippen LogP contribution in [0.25, 0.3) is 11.8 Å². The molecule has 2 heterocycles. The van der Waals surface area contributed by atoms with Crippen molar-refractivity contribution in [2.75, 3.05) is 13.1 Å². The van der Waals surface area contributed by atoms with Gasteiger partial charge in [0.2, 0.25) is 5.91 Å². The van der Waals surface area contributed by atoms with Crippen LogP contribution in [0.15, 0.2) is 79.1 Å². The van der Waals surface area contributed by atoms with E-state index in [4.69, 9.17) is 0 Å². The average Bonchev–Trinajstić information content (AvgIpc) is 3.27. The summed E-state index contributed by atoms with van der Waals surface area (Å²) in [7, 11) is 0. The summed E-state index contributed by atoms with van der Waals surface area (Å²) >= 11 is 0. The maximum atomic E-state index is 12.6. The molecule has 1 aromatic heterocycles. The molecule has 0 spiro atoms. The molecule has 0 aliphatic carbocycles. The number of aromatic nitrogens is 2. The lowest BCUT2D eigenvalue weighted by Crippen LogP contribution is -2.39. The van der Waals surface area contributed by atoms with Crippen molar-refractivity contribution in [1.29, 1.82) is 0 Å². The van der Waals surface area contributed by atoms with Crippen LogP contribution >= 0.6 is 0 Å². The number of benzene rings is 2. The van der Waals surface area contributed by atoms with Gasteiger partial charge in [-0.3, -0.25) is 9.59 Å². The first-order valence-electron chi connectivity index (χ1n) is 9.87. The Kier molecular flexibility index (Phi) is 5.66. The van der Waals surface area contributed by atoms with Gasteiger partial charge in [-0.1, -0.05) is 48.5 Å². The summed E-state index contributed by atoms with van der Waals surface area (Å²) in [6.07, 6.45) is 8.42. The van der Waals surface area contributed by atoms with Gasteiger partial charge in [0, 0.05) is 42.4 Å². The van der Waals surface area contributed by atoms with E-state index in [1.807, 2.05) is 71.8 Å². The molecule has 29 heavy (non-hydrogen) atoms. The SMILES string of the molecule is O=C(c1ccccc1)C1CCN(C(=O)C=Cc2cnn(-c3ccccc3)c2)CC1. The maximum absolute atomic E-state index is 12.6. The summed E-state index contributed by atoms with van der Waals surface area (Å²) in [5.41, 5.74) is 2.60. The molecule has 0 atom stereocenters. The van der Waals surface area contributed by atoms with Crippen molar-refractivity contribution in [3.8, 4) is 5.69 Å². The average molecular weight is 385 g/mol. The molecule has 0 N–H and O–H groups in total. The van der Waals surface area contributed by atoms with Gasteiger partial charge < -0.3 is 4.90 Å². The lowest BCUT2D eigenvalue weighted by atomic mass is 9.89. The maximum Gasteiger partial charge on any atom is 0.246 e. The van der Waals surface area contributed by atoms with E-state index in [0.29, 0.717) is 25.9 Å². The highest BCUT2D eigenvalue weighted by molar-refractivity contribution is 5.98. The normalized spacial score (nSPS) is 15.0. The lowest BCUT2D eigenvalue weighted by Gasteiger charge is -2.30. The van der Waals surface area contributed by atoms with E-state index < -0.39 is 0 Å².